The minimum absolute atomic E-state index is 0.263. The van der Waals surface area contributed by atoms with Crippen LogP contribution in [0.3, 0.4) is 0 Å². The quantitative estimate of drug-likeness (QED) is 0.641. The van der Waals surface area contributed by atoms with Crippen LogP contribution in [0, 0.1) is 17.6 Å². The van der Waals surface area contributed by atoms with Gasteiger partial charge in [0.2, 0.25) is 0 Å². The molecule has 0 bridgehead atoms. The summed E-state index contributed by atoms with van der Waals surface area (Å²) < 4.78 is 32.2. The van der Waals surface area contributed by atoms with Crippen molar-refractivity contribution in [2.75, 3.05) is 5.32 Å². The number of anilines is 1. The zero-order valence-electron chi connectivity index (χ0n) is 16.9. The summed E-state index contributed by atoms with van der Waals surface area (Å²) in [4.78, 5) is 37.3. The van der Waals surface area contributed by atoms with E-state index in [1.54, 1.807) is 37.3 Å². The van der Waals surface area contributed by atoms with E-state index in [2.05, 4.69) is 10.6 Å². The van der Waals surface area contributed by atoms with Crippen LogP contribution >= 0.6 is 0 Å². The Morgan fingerprint density at radius 2 is 1.70 bits per heavy atom. The molecule has 0 aliphatic carbocycles. The fourth-order valence-corrected chi connectivity index (χ4v) is 2.61. The number of halogens is 2. The molecule has 0 aromatic heterocycles. The number of benzene rings is 2. The minimum Gasteiger partial charge on any atom is -0.451 e. The minimum atomic E-state index is -1.29. The number of hydrogen-bond donors (Lipinski definition) is 2. The number of nitrogens with one attached hydrogen (secondary N) is 2. The van der Waals surface area contributed by atoms with Gasteiger partial charge in [0.15, 0.2) is 6.10 Å². The van der Waals surface area contributed by atoms with Crippen molar-refractivity contribution in [3.63, 3.8) is 0 Å². The molecule has 0 spiro atoms. The van der Waals surface area contributed by atoms with E-state index in [1.165, 1.54) is 6.92 Å². The van der Waals surface area contributed by atoms with E-state index in [9.17, 15) is 23.2 Å². The summed E-state index contributed by atoms with van der Waals surface area (Å²) in [5, 5.41) is 4.83. The van der Waals surface area contributed by atoms with Gasteiger partial charge in [0.25, 0.3) is 11.8 Å². The molecule has 2 aromatic rings. The van der Waals surface area contributed by atoms with Crippen molar-refractivity contribution in [2.24, 2.45) is 5.92 Å². The predicted molar refractivity (Wildman–Crippen MR) is 108 cm³/mol. The predicted octanol–water partition coefficient (Wildman–Crippen LogP) is 3.68. The average molecular weight is 418 g/mol. The third-order valence-corrected chi connectivity index (χ3v) is 4.64. The Hall–Kier alpha value is -3.29. The number of esters is 1. The number of amides is 2. The Morgan fingerprint density at radius 3 is 2.33 bits per heavy atom. The van der Waals surface area contributed by atoms with Crippen LogP contribution in [0.15, 0.2) is 48.5 Å². The third-order valence-electron chi connectivity index (χ3n) is 4.64. The molecule has 0 aliphatic rings. The molecule has 160 valence electrons. The molecule has 8 heteroatoms. The summed E-state index contributed by atoms with van der Waals surface area (Å²) in [6, 6.07) is 10.0. The molecule has 0 radical (unpaired) electrons. The number of carbonyl (C=O) groups excluding carboxylic acids is 3. The third kappa shape index (κ3) is 6.10. The van der Waals surface area contributed by atoms with Crippen LogP contribution in [0.2, 0.25) is 0 Å². The van der Waals surface area contributed by atoms with E-state index in [0.717, 1.165) is 18.2 Å². The molecule has 2 rings (SSSR count). The molecule has 0 unspecified atom stereocenters. The fraction of sp³-hybridized carbons (Fsp3) is 0.318. The SMILES string of the molecule is CC[C@H](C)[C@H](NC(=O)c1ccccc1)C(=O)O[C@@H](C)C(=O)Nc1cc(F)ccc1F. The first-order valence-corrected chi connectivity index (χ1v) is 9.55. The van der Waals surface area contributed by atoms with E-state index in [4.69, 9.17) is 4.74 Å². The summed E-state index contributed by atoms with van der Waals surface area (Å²) in [7, 11) is 0. The zero-order chi connectivity index (χ0) is 22.3. The van der Waals surface area contributed by atoms with Crippen molar-refractivity contribution in [1.29, 1.82) is 0 Å². The lowest BCUT2D eigenvalue weighted by Crippen LogP contribution is -2.47. The van der Waals surface area contributed by atoms with Gasteiger partial charge in [-0.2, -0.15) is 0 Å². The van der Waals surface area contributed by atoms with Crippen molar-refractivity contribution in [2.45, 2.75) is 39.3 Å². The molecule has 0 fully saturated rings. The van der Waals surface area contributed by atoms with Gasteiger partial charge in [-0.05, 0) is 37.1 Å². The van der Waals surface area contributed by atoms with Gasteiger partial charge in [0, 0.05) is 11.6 Å². The van der Waals surface area contributed by atoms with Gasteiger partial charge in [0.1, 0.15) is 17.7 Å². The highest BCUT2D eigenvalue weighted by Crippen LogP contribution is 2.17. The lowest BCUT2D eigenvalue weighted by molar-refractivity contribution is -0.156. The van der Waals surface area contributed by atoms with Crippen LogP contribution in [0.25, 0.3) is 0 Å². The number of hydrogen-bond acceptors (Lipinski definition) is 4. The topological polar surface area (TPSA) is 84.5 Å². The van der Waals surface area contributed by atoms with Gasteiger partial charge in [-0.25, -0.2) is 13.6 Å². The normalized spacial score (nSPS) is 13.6. The first-order chi connectivity index (χ1) is 14.2. The van der Waals surface area contributed by atoms with Crippen molar-refractivity contribution in [1.82, 2.24) is 5.32 Å². The highest BCUT2D eigenvalue weighted by atomic mass is 19.1. The van der Waals surface area contributed by atoms with E-state index in [0.29, 0.717) is 12.0 Å². The number of ether oxygens (including phenoxy) is 1. The second-order valence-electron chi connectivity index (χ2n) is 6.90. The summed E-state index contributed by atoms with van der Waals surface area (Å²) in [5.41, 5.74) is 0.0183. The van der Waals surface area contributed by atoms with Gasteiger partial charge in [-0.3, -0.25) is 9.59 Å². The van der Waals surface area contributed by atoms with Crippen LogP contribution < -0.4 is 10.6 Å². The summed E-state index contributed by atoms with van der Waals surface area (Å²) >= 11 is 0. The van der Waals surface area contributed by atoms with Crippen LogP contribution in [-0.4, -0.2) is 29.9 Å². The molecular weight excluding hydrogens is 394 g/mol. The van der Waals surface area contributed by atoms with Gasteiger partial charge < -0.3 is 15.4 Å². The summed E-state index contributed by atoms with van der Waals surface area (Å²) in [6.07, 6.45) is -0.718. The van der Waals surface area contributed by atoms with E-state index in [-0.39, 0.29) is 11.6 Å². The highest BCUT2D eigenvalue weighted by molar-refractivity contribution is 5.98. The molecule has 0 saturated carbocycles. The molecule has 0 heterocycles. The number of rotatable bonds is 8. The van der Waals surface area contributed by atoms with Crippen molar-refractivity contribution < 1.29 is 27.9 Å². The monoisotopic (exact) mass is 418 g/mol. The molecule has 6 nitrogen and oxygen atoms in total. The Labute approximate surface area is 173 Å². The van der Waals surface area contributed by atoms with Crippen molar-refractivity contribution >= 4 is 23.5 Å². The second-order valence-corrected chi connectivity index (χ2v) is 6.90. The standard InChI is InChI=1S/C22H24F2N2O4/c1-4-13(2)19(26-21(28)15-8-6-5-7-9-15)22(29)30-14(3)20(27)25-18-12-16(23)10-11-17(18)24/h5-14,19H,4H2,1-3H3,(H,25,27)(H,26,28)/t13-,14-,19-/m0/s1. The maximum atomic E-state index is 13.7. The Morgan fingerprint density at radius 1 is 1.03 bits per heavy atom. The smallest absolute Gasteiger partial charge is 0.329 e. The lowest BCUT2D eigenvalue weighted by atomic mass is 9.98. The fourth-order valence-electron chi connectivity index (χ4n) is 2.61. The largest absolute Gasteiger partial charge is 0.451 e. The second kappa shape index (κ2) is 10.5. The van der Waals surface area contributed by atoms with Gasteiger partial charge in [-0.1, -0.05) is 38.5 Å². The summed E-state index contributed by atoms with van der Waals surface area (Å²) in [5.74, 6) is -3.88. The number of carbonyl (C=O) groups is 3. The maximum Gasteiger partial charge on any atom is 0.329 e. The Bertz CT molecular complexity index is 905. The highest BCUT2D eigenvalue weighted by Gasteiger charge is 2.30. The molecule has 2 amide bonds. The van der Waals surface area contributed by atoms with Crippen LogP contribution in [0.1, 0.15) is 37.6 Å². The van der Waals surface area contributed by atoms with Crippen LogP contribution in [0.5, 0.6) is 0 Å². The Balaban J connectivity index is 2.05. The molecular formula is C22H24F2N2O4. The van der Waals surface area contributed by atoms with Gasteiger partial charge in [0.05, 0.1) is 5.69 Å². The van der Waals surface area contributed by atoms with E-state index < -0.39 is 41.6 Å². The zero-order valence-corrected chi connectivity index (χ0v) is 16.9. The first-order valence-electron chi connectivity index (χ1n) is 9.55. The van der Waals surface area contributed by atoms with Crippen molar-refractivity contribution in [3.8, 4) is 0 Å². The summed E-state index contributed by atoms with van der Waals surface area (Å²) in [6.45, 7) is 4.92. The molecule has 2 aromatic carbocycles. The van der Waals surface area contributed by atoms with Gasteiger partial charge >= 0.3 is 5.97 Å². The average Bonchev–Trinajstić information content (AvgIpc) is 2.74. The van der Waals surface area contributed by atoms with Crippen LogP contribution in [-0.2, 0) is 14.3 Å². The van der Waals surface area contributed by atoms with E-state index in [1.807, 2.05) is 6.92 Å². The molecule has 30 heavy (non-hydrogen) atoms. The van der Waals surface area contributed by atoms with Gasteiger partial charge in [-0.15, -0.1) is 0 Å². The van der Waals surface area contributed by atoms with E-state index >= 15 is 0 Å². The Kier molecular flexibility index (Phi) is 8.03. The van der Waals surface area contributed by atoms with Crippen molar-refractivity contribution in [3.05, 3.63) is 65.7 Å². The first kappa shape index (κ1) is 23.0. The maximum absolute atomic E-state index is 13.7. The van der Waals surface area contributed by atoms with Crippen LogP contribution in [0.4, 0.5) is 14.5 Å². The lowest BCUT2D eigenvalue weighted by Gasteiger charge is -2.24. The molecule has 3 atom stereocenters. The molecule has 0 aliphatic heterocycles. The molecule has 2 N–H and O–H groups in total. The molecule has 0 saturated heterocycles.